The third-order valence-electron chi connectivity index (χ3n) is 3.00. The first kappa shape index (κ1) is 12.4. The summed E-state index contributed by atoms with van der Waals surface area (Å²) in [5.74, 6) is 0.960. The molecule has 96 valence electrons. The molecular weight excluding hydrogens is 231 g/mol. The molecule has 2 rings (SSSR count). The maximum Gasteiger partial charge on any atom is 0.195 e. The highest BCUT2D eigenvalue weighted by atomic mass is 19.1. The number of guanidine groups is 1. The van der Waals surface area contributed by atoms with E-state index in [0.29, 0.717) is 11.5 Å². The van der Waals surface area contributed by atoms with Crippen molar-refractivity contribution < 1.29 is 4.39 Å². The largest absolute Gasteiger partial charge is 0.375 e. The van der Waals surface area contributed by atoms with Crippen molar-refractivity contribution >= 4 is 5.96 Å². The van der Waals surface area contributed by atoms with Crippen LogP contribution < -0.4 is 16.4 Å². The van der Waals surface area contributed by atoms with E-state index in [9.17, 15) is 4.39 Å². The Morgan fingerprint density at radius 3 is 2.72 bits per heavy atom. The van der Waals surface area contributed by atoms with Crippen LogP contribution in [0.1, 0.15) is 22.7 Å². The summed E-state index contributed by atoms with van der Waals surface area (Å²) >= 11 is 0. The molecule has 0 aliphatic carbocycles. The summed E-state index contributed by atoms with van der Waals surface area (Å²) in [7, 11) is 1.80. The van der Waals surface area contributed by atoms with E-state index in [1.165, 1.54) is 6.07 Å². The van der Waals surface area contributed by atoms with E-state index in [2.05, 4.69) is 15.6 Å². The quantitative estimate of drug-likeness (QED) is 0.742. The van der Waals surface area contributed by atoms with Crippen LogP contribution in [-0.4, -0.2) is 13.0 Å². The van der Waals surface area contributed by atoms with Gasteiger partial charge in [-0.2, -0.15) is 0 Å². The minimum Gasteiger partial charge on any atom is -0.375 e. The van der Waals surface area contributed by atoms with Gasteiger partial charge >= 0.3 is 0 Å². The summed E-state index contributed by atoms with van der Waals surface area (Å²) in [5.41, 5.74) is 8.18. The molecule has 0 fully saturated rings. The van der Waals surface area contributed by atoms with Crippen molar-refractivity contribution in [3.8, 4) is 0 Å². The highest BCUT2D eigenvalue weighted by molar-refractivity contribution is 5.81. The fourth-order valence-corrected chi connectivity index (χ4v) is 1.98. The van der Waals surface area contributed by atoms with E-state index >= 15 is 0 Å². The molecule has 4 nitrogen and oxygen atoms in total. The molecular formula is C13H17FN4. The monoisotopic (exact) mass is 248 g/mol. The second-order valence-corrected chi connectivity index (χ2v) is 4.37. The molecule has 1 atom stereocenters. The van der Waals surface area contributed by atoms with Crippen LogP contribution >= 0.6 is 0 Å². The van der Waals surface area contributed by atoms with E-state index < -0.39 is 0 Å². The lowest BCUT2D eigenvalue weighted by Crippen LogP contribution is -2.38. The van der Waals surface area contributed by atoms with Crippen LogP contribution in [0.4, 0.5) is 4.39 Å². The number of hydrogen-bond donors (Lipinski definition) is 3. The average molecular weight is 248 g/mol. The first-order chi connectivity index (χ1) is 8.51. The van der Waals surface area contributed by atoms with Crippen molar-refractivity contribution in [1.82, 2.24) is 10.6 Å². The second kappa shape index (κ2) is 4.68. The molecule has 1 aromatic carbocycles. The second-order valence-electron chi connectivity index (χ2n) is 4.37. The van der Waals surface area contributed by atoms with Gasteiger partial charge in [-0.1, -0.05) is 6.07 Å². The fraction of sp³-hybridized carbons (Fsp3) is 0.308. The van der Waals surface area contributed by atoms with E-state index in [-0.39, 0.29) is 11.9 Å². The van der Waals surface area contributed by atoms with Crippen molar-refractivity contribution in [2.75, 3.05) is 7.05 Å². The van der Waals surface area contributed by atoms with Gasteiger partial charge < -0.3 is 16.4 Å². The molecule has 5 heteroatoms. The lowest BCUT2D eigenvalue weighted by Gasteiger charge is -2.21. The van der Waals surface area contributed by atoms with Gasteiger partial charge in [0.25, 0.3) is 0 Å². The Balaban J connectivity index is 2.45. The van der Waals surface area contributed by atoms with Gasteiger partial charge in [0.05, 0.1) is 0 Å². The first-order valence-corrected chi connectivity index (χ1v) is 5.77. The number of hydrogen-bond acceptors (Lipinski definition) is 4. The van der Waals surface area contributed by atoms with E-state index in [0.717, 1.165) is 16.9 Å². The molecule has 1 heterocycles. The van der Waals surface area contributed by atoms with Gasteiger partial charge in [0.15, 0.2) is 5.96 Å². The van der Waals surface area contributed by atoms with Crippen molar-refractivity contribution in [2.45, 2.75) is 19.9 Å². The molecule has 1 aromatic rings. The van der Waals surface area contributed by atoms with Crippen LogP contribution in [0.15, 0.2) is 29.0 Å². The van der Waals surface area contributed by atoms with Gasteiger partial charge in [-0.05, 0) is 42.7 Å². The maximum atomic E-state index is 13.4. The Labute approximate surface area is 106 Å². The normalized spacial score (nSPS) is 18.8. The van der Waals surface area contributed by atoms with Crippen molar-refractivity contribution in [3.63, 3.8) is 0 Å². The first-order valence-electron chi connectivity index (χ1n) is 5.77. The lowest BCUT2D eigenvalue weighted by atomic mass is 9.98. The summed E-state index contributed by atoms with van der Waals surface area (Å²) in [6, 6.07) is 3.17. The van der Waals surface area contributed by atoms with E-state index in [4.69, 9.17) is 5.73 Å². The lowest BCUT2D eigenvalue weighted by molar-refractivity contribution is 0.615. The molecule has 0 saturated heterocycles. The van der Waals surface area contributed by atoms with Gasteiger partial charge in [-0.25, -0.2) is 9.38 Å². The Kier molecular flexibility index (Phi) is 3.23. The summed E-state index contributed by atoms with van der Waals surface area (Å²) in [6.45, 7) is 3.62. The third kappa shape index (κ3) is 2.30. The number of benzene rings is 1. The van der Waals surface area contributed by atoms with Crippen molar-refractivity contribution in [2.24, 2.45) is 10.7 Å². The number of aryl methyl sites for hydroxylation is 2. The zero-order chi connectivity index (χ0) is 13.3. The molecule has 0 bridgehead atoms. The average Bonchev–Trinajstić information content (AvgIpc) is 2.33. The Hall–Kier alpha value is -2.04. The molecule has 0 radical (unpaired) electrons. The highest BCUT2D eigenvalue weighted by Crippen LogP contribution is 2.27. The number of rotatable bonds is 2. The number of nitrogens with one attached hydrogen (secondary N) is 2. The number of nitrogens with zero attached hydrogens (tertiary/aromatic N) is 1. The van der Waals surface area contributed by atoms with Gasteiger partial charge in [-0.3, -0.25) is 0 Å². The van der Waals surface area contributed by atoms with Gasteiger partial charge in [0.1, 0.15) is 17.7 Å². The van der Waals surface area contributed by atoms with E-state index in [1.807, 2.05) is 19.1 Å². The Morgan fingerprint density at radius 1 is 1.33 bits per heavy atom. The van der Waals surface area contributed by atoms with Gasteiger partial charge in [-0.15, -0.1) is 0 Å². The molecule has 18 heavy (non-hydrogen) atoms. The molecule has 1 aliphatic rings. The van der Waals surface area contributed by atoms with Crippen LogP contribution in [0, 0.1) is 19.7 Å². The van der Waals surface area contributed by atoms with Crippen LogP contribution in [0.3, 0.4) is 0 Å². The van der Waals surface area contributed by atoms with Crippen LogP contribution in [0.5, 0.6) is 0 Å². The van der Waals surface area contributed by atoms with Gasteiger partial charge in [0.2, 0.25) is 0 Å². The van der Waals surface area contributed by atoms with Crippen LogP contribution in [-0.2, 0) is 0 Å². The van der Waals surface area contributed by atoms with Gasteiger partial charge in [0, 0.05) is 7.05 Å². The fourth-order valence-electron chi connectivity index (χ4n) is 1.98. The third-order valence-corrected chi connectivity index (χ3v) is 3.00. The number of aliphatic imine (C=N–C) groups is 1. The van der Waals surface area contributed by atoms with Crippen LogP contribution in [0.25, 0.3) is 0 Å². The predicted molar refractivity (Wildman–Crippen MR) is 70.5 cm³/mol. The van der Waals surface area contributed by atoms with Crippen molar-refractivity contribution in [3.05, 3.63) is 46.5 Å². The SMILES string of the molecule is CNC1=CC(c2cc(C)c(F)cc2C)N=C(N)N1. The van der Waals surface area contributed by atoms with Crippen LogP contribution in [0.2, 0.25) is 0 Å². The minimum atomic E-state index is -0.194. The molecule has 0 amide bonds. The summed E-state index contributed by atoms with van der Waals surface area (Å²) < 4.78 is 13.4. The molecule has 0 spiro atoms. The molecule has 1 unspecified atom stereocenters. The molecule has 4 N–H and O–H groups in total. The van der Waals surface area contributed by atoms with E-state index in [1.54, 1.807) is 14.0 Å². The maximum absolute atomic E-state index is 13.4. The smallest absolute Gasteiger partial charge is 0.195 e. The zero-order valence-electron chi connectivity index (χ0n) is 10.7. The minimum absolute atomic E-state index is 0.187. The highest BCUT2D eigenvalue weighted by Gasteiger charge is 2.17. The summed E-state index contributed by atoms with van der Waals surface area (Å²) in [4.78, 5) is 4.33. The molecule has 0 saturated carbocycles. The molecule has 0 aromatic heterocycles. The number of nitrogens with two attached hydrogens (primary N) is 1. The Bertz CT molecular complexity index is 534. The number of halogens is 1. The molecule has 1 aliphatic heterocycles. The summed E-state index contributed by atoms with van der Waals surface area (Å²) in [5, 5.41) is 5.91. The standard InChI is InChI=1S/C13H17FN4/c1-7-5-10(14)8(2)4-9(7)11-6-12(16-3)18-13(15)17-11/h4-6,11,16H,1-3H3,(H3,15,17,18). The summed E-state index contributed by atoms with van der Waals surface area (Å²) in [6.07, 6.45) is 1.93. The van der Waals surface area contributed by atoms with Crippen molar-refractivity contribution in [1.29, 1.82) is 0 Å². The topological polar surface area (TPSA) is 62.4 Å². The zero-order valence-corrected chi connectivity index (χ0v) is 10.7. The predicted octanol–water partition coefficient (Wildman–Crippen LogP) is 1.46. The Morgan fingerprint density at radius 2 is 2.06 bits per heavy atom.